The molecule has 0 atom stereocenters. The lowest BCUT2D eigenvalue weighted by molar-refractivity contribution is -0.131. The molecule has 0 heterocycles. The molecule has 0 saturated heterocycles. The van der Waals surface area contributed by atoms with Gasteiger partial charge in [-0.15, -0.1) is 0 Å². The highest BCUT2D eigenvalue weighted by Crippen LogP contribution is 2.00. The van der Waals surface area contributed by atoms with E-state index in [0.29, 0.717) is 13.0 Å². The predicted octanol–water partition coefficient (Wildman–Crippen LogP) is 1.37. The maximum Gasteiger partial charge on any atom is 0.222 e. The summed E-state index contributed by atoms with van der Waals surface area (Å²) >= 11 is 0. The van der Waals surface area contributed by atoms with Crippen molar-refractivity contribution < 1.29 is 4.79 Å². The first kappa shape index (κ1) is 12.4. The van der Waals surface area contributed by atoms with Crippen LogP contribution in [0.5, 0.6) is 0 Å². The zero-order valence-electron chi connectivity index (χ0n) is 8.88. The second kappa shape index (κ2) is 8.05. The van der Waals surface area contributed by atoms with Gasteiger partial charge in [-0.1, -0.05) is 13.3 Å². The van der Waals surface area contributed by atoms with Crippen LogP contribution in [-0.4, -0.2) is 30.4 Å². The summed E-state index contributed by atoms with van der Waals surface area (Å²) in [6.07, 6.45) is 3.65. The molecule has 0 unspecified atom stereocenters. The summed E-state index contributed by atoms with van der Waals surface area (Å²) in [4.78, 5) is 13.4. The van der Waals surface area contributed by atoms with Gasteiger partial charge in [-0.05, 0) is 26.3 Å². The van der Waals surface area contributed by atoms with Crippen molar-refractivity contribution in [2.45, 2.75) is 39.5 Å². The number of hydrogen-bond donors (Lipinski definition) is 1. The van der Waals surface area contributed by atoms with Crippen molar-refractivity contribution in [3.8, 4) is 0 Å². The van der Waals surface area contributed by atoms with Gasteiger partial charge >= 0.3 is 0 Å². The third-order valence-corrected chi connectivity index (χ3v) is 2.11. The minimum Gasteiger partial charge on any atom is -0.343 e. The van der Waals surface area contributed by atoms with E-state index in [1.54, 1.807) is 0 Å². The topological polar surface area (TPSA) is 46.3 Å². The molecule has 3 nitrogen and oxygen atoms in total. The Balaban J connectivity index is 3.71. The fourth-order valence-electron chi connectivity index (χ4n) is 1.22. The van der Waals surface area contributed by atoms with E-state index in [0.717, 1.165) is 32.4 Å². The van der Waals surface area contributed by atoms with Crippen molar-refractivity contribution in [3.05, 3.63) is 0 Å². The van der Waals surface area contributed by atoms with E-state index in [4.69, 9.17) is 5.73 Å². The number of unbranched alkanes of at least 4 members (excludes halogenated alkanes) is 1. The van der Waals surface area contributed by atoms with E-state index in [9.17, 15) is 4.79 Å². The molecule has 0 aliphatic rings. The van der Waals surface area contributed by atoms with Gasteiger partial charge in [0.1, 0.15) is 0 Å². The average Bonchev–Trinajstić information content (AvgIpc) is 2.16. The molecular formula is C10H22N2O. The average molecular weight is 186 g/mol. The van der Waals surface area contributed by atoms with Gasteiger partial charge < -0.3 is 10.6 Å². The molecular weight excluding hydrogens is 164 g/mol. The Bertz CT molecular complexity index is 137. The van der Waals surface area contributed by atoms with Gasteiger partial charge in [-0.2, -0.15) is 0 Å². The SMILES string of the molecule is CCCCN(CC)C(=O)CCCN. The number of hydrogen-bond acceptors (Lipinski definition) is 2. The van der Waals surface area contributed by atoms with Gasteiger partial charge in [0.2, 0.25) is 5.91 Å². The monoisotopic (exact) mass is 186 g/mol. The number of nitrogens with two attached hydrogens (primary N) is 1. The van der Waals surface area contributed by atoms with E-state index in [2.05, 4.69) is 6.92 Å². The Morgan fingerprint density at radius 2 is 2.00 bits per heavy atom. The maximum atomic E-state index is 11.5. The fourth-order valence-corrected chi connectivity index (χ4v) is 1.22. The van der Waals surface area contributed by atoms with Gasteiger partial charge in [-0.3, -0.25) is 4.79 Å². The Labute approximate surface area is 81.3 Å². The quantitative estimate of drug-likeness (QED) is 0.653. The van der Waals surface area contributed by atoms with Gasteiger partial charge in [-0.25, -0.2) is 0 Å². The van der Waals surface area contributed by atoms with E-state index in [1.807, 2.05) is 11.8 Å². The molecule has 2 N–H and O–H groups in total. The fraction of sp³-hybridized carbons (Fsp3) is 0.900. The third-order valence-electron chi connectivity index (χ3n) is 2.11. The van der Waals surface area contributed by atoms with E-state index in [1.165, 1.54) is 0 Å². The van der Waals surface area contributed by atoms with Crippen LogP contribution in [0.2, 0.25) is 0 Å². The molecule has 13 heavy (non-hydrogen) atoms. The minimum atomic E-state index is 0.251. The van der Waals surface area contributed by atoms with Crippen molar-refractivity contribution in [1.29, 1.82) is 0 Å². The van der Waals surface area contributed by atoms with E-state index in [-0.39, 0.29) is 5.91 Å². The lowest BCUT2D eigenvalue weighted by atomic mass is 10.2. The number of nitrogens with zero attached hydrogens (tertiary/aromatic N) is 1. The van der Waals surface area contributed by atoms with Crippen molar-refractivity contribution in [1.82, 2.24) is 4.90 Å². The van der Waals surface area contributed by atoms with Gasteiger partial charge in [0.25, 0.3) is 0 Å². The highest BCUT2D eigenvalue weighted by molar-refractivity contribution is 5.76. The molecule has 1 amide bonds. The molecule has 0 aliphatic heterocycles. The molecule has 0 aliphatic carbocycles. The first-order valence-electron chi connectivity index (χ1n) is 5.24. The van der Waals surface area contributed by atoms with Crippen LogP contribution < -0.4 is 5.73 Å². The van der Waals surface area contributed by atoms with Crippen molar-refractivity contribution in [3.63, 3.8) is 0 Å². The molecule has 0 radical (unpaired) electrons. The Morgan fingerprint density at radius 1 is 1.31 bits per heavy atom. The van der Waals surface area contributed by atoms with Gasteiger partial charge in [0, 0.05) is 19.5 Å². The summed E-state index contributed by atoms with van der Waals surface area (Å²) < 4.78 is 0. The highest BCUT2D eigenvalue weighted by atomic mass is 16.2. The van der Waals surface area contributed by atoms with Gasteiger partial charge in [0.05, 0.1) is 0 Å². The summed E-state index contributed by atoms with van der Waals surface area (Å²) in [7, 11) is 0. The second-order valence-corrected chi connectivity index (χ2v) is 3.22. The van der Waals surface area contributed by atoms with Crippen LogP contribution in [0.1, 0.15) is 39.5 Å². The lowest BCUT2D eigenvalue weighted by Gasteiger charge is -2.20. The molecule has 0 fully saturated rings. The second-order valence-electron chi connectivity index (χ2n) is 3.22. The van der Waals surface area contributed by atoms with Crippen molar-refractivity contribution >= 4 is 5.91 Å². The molecule has 0 saturated carbocycles. The molecule has 0 bridgehead atoms. The van der Waals surface area contributed by atoms with Crippen LogP contribution in [0, 0.1) is 0 Å². The van der Waals surface area contributed by atoms with Crippen LogP contribution in [-0.2, 0) is 4.79 Å². The summed E-state index contributed by atoms with van der Waals surface area (Å²) in [5, 5.41) is 0. The largest absolute Gasteiger partial charge is 0.343 e. The summed E-state index contributed by atoms with van der Waals surface area (Å²) in [6.45, 7) is 6.49. The number of rotatable bonds is 7. The molecule has 0 rings (SSSR count). The first-order chi connectivity index (χ1) is 6.26. The third kappa shape index (κ3) is 5.64. The smallest absolute Gasteiger partial charge is 0.222 e. The standard InChI is InChI=1S/C10H22N2O/c1-3-5-9-12(4-2)10(13)7-6-8-11/h3-9,11H2,1-2H3. The predicted molar refractivity (Wildman–Crippen MR) is 55.5 cm³/mol. The van der Waals surface area contributed by atoms with E-state index < -0.39 is 0 Å². The Hall–Kier alpha value is -0.570. The number of carbonyl (C=O) groups excluding carboxylic acids is 1. The molecule has 0 aromatic carbocycles. The normalized spacial score (nSPS) is 10.1. The molecule has 0 aromatic rings. The van der Waals surface area contributed by atoms with E-state index >= 15 is 0 Å². The lowest BCUT2D eigenvalue weighted by Crippen LogP contribution is -2.31. The Kier molecular flexibility index (Phi) is 7.69. The Morgan fingerprint density at radius 3 is 2.46 bits per heavy atom. The van der Waals surface area contributed by atoms with Crippen LogP contribution in [0.3, 0.4) is 0 Å². The minimum absolute atomic E-state index is 0.251. The van der Waals surface area contributed by atoms with Crippen molar-refractivity contribution in [2.75, 3.05) is 19.6 Å². The molecule has 78 valence electrons. The molecule has 0 spiro atoms. The summed E-state index contributed by atoms with van der Waals surface area (Å²) in [5.74, 6) is 0.251. The molecule has 3 heteroatoms. The summed E-state index contributed by atoms with van der Waals surface area (Å²) in [6, 6.07) is 0. The van der Waals surface area contributed by atoms with Crippen molar-refractivity contribution in [2.24, 2.45) is 5.73 Å². The molecule has 0 aromatic heterocycles. The zero-order valence-corrected chi connectivity index (χ0v) is 8.88. The van der Waals surface area contributed by atoms with Crippen LogP contribution in [0.15, 0.2) is 0 Å². The highest BCUT2D eigenvalue weighted by Gasteiger charge is 2.09. The summed E-state index contributed by atoms with van der Waals surface area (Å²) in [5.41, 5.74) is 5.35. The van der Waals surface area contributed by atoms with Crippen LogP contribution in [0.25, 0.3) is 0 Å². The van der Waals surface area contributed by atoms with Crippen LogP contribution >= 0.6 is 0 Å². The number of carbonyl (C=O) groups is 1. The first-order valence-corrected chi connectivity index (χ1v) is 5.24. The van der Waals surface area contributed by atoms with Crippen LogP contribution in [0.4, 0.5) is 0 Å². The zero-order chi connectivity index (χ0) is 10.1. The van der Waals surface area contributed by atoms with Gasteiger partial charge in [0.15, 0.2) is 0 Å². The number of amides is 1. The maximum absolute atomic E-state index is 11.5.